The van der Waals surface area contributed by atoms with Gasteiger partial charge in [-0.1, -0.05) is 12.1 Å². The predicted molar refractivity (Wildman–Crippen MR) is 207 cm³/mol. The Morgan fingerprint density at radius 2 is 1.83 bits per heavy atom. The topological polar surface area (TPSA) is 141 Å². The maximum atomic E-state index is 13.5. The first-order valence-electron chi connectivity index (χ1n) is 17.6. The van der Waals surface area contributed by atoms with E-state index in [-0.39, 0.29) is 6.54 Å². The number of hydrogen-bond donors (Lipinski definition) is 2. The number of ether oxygens (including phenoxy) is 2. The van der Waals surface area contributed by atoms with Crippen LogP contribution in [0.5, 0.6) is 5.75 Å². The number of rotatable bonds is 7. The molecule has 0 saturated heterocycles. The van der Waals surface area contributed by atoms with Crippen LogP contribution in [-0.2, 0) is 33.1 Å². The van der Waals surface area contributed by atoms with Crippen molar-refractivity contribution in [3.8, 4) is 39.4 Å². The molecule has 274 valence electrons. The van der Waals surface area contributed by atoms with Crippen molar-refractivity contribution in [2.24, 2.45) is 7.05 Å². The van der Waals surface area contributed by atoms with Crippen molar-refractivity contribution >= 4 is 49.2 Å². The van der Waals surface area contributed by atoms with Gasteiger partial charge in [0.15, 0.2) is 6.10 Å². The second kappa shape index (κ2) is 12.3. The number of carboxylic acid groups (broad SMARTS) is 1. The van der Waals surface area contributed by atoms with Crippen molar-refractivity contribution in [2.45, 2.75) is 52.9 Å². The zero-order chi connectivity index (χ0) is 37.6. The van der Waals surface area contributed by atoms with Crippen LogP contribution in [0, 0.1) is 13.8 Å². The van der Waals surface area contributed by atoms with Crippen LogP contribution in [0.2, 0.25) is 0 Å². The number of benzene rings is 3. The normalized spacial score (nSPS) is 15.0. The van der Waals surface area contributed by atoms with Crippen LogP contribution in [0.15, 0.2) is 60.9 Å². The van der Waals surface area contributed by atoms with E-state index in [2.05, 4.69) is 27.1 Å². The van der Waals surface area contributed by atoms with Crippen LogP contribution in [-0.4, -0.2) is 70.4 Å². The average molecular weight is 735 g/mol. The Kier molecular flexibility index (Phi) is 8.08. The molecule has 3 aromatic carbocycles. The molecule has 53 heavy (non-hydrogen) atoms. The second-order valence-corrected chi connectivity index (χ2v) is 16.8. The zero-order valence-corrected chi connectivity index (χ0v) is 31.6. The summed E-state index contributed by atoms with van der Waals surface area (Å²) < 4.78 is 44.7. The molecule has 0 fully saturated rings. The molecule has 8 rings (SSSR count). The monoisotopic (exact) mass is 734 g/mol. The van der Waals surface area contributed by atoms with Gasteiger partial charge in [-0.15, -0.1) is 0 Å². The number of fused-ring (bicyclic) bond motifs is 2. The Labute approximate surface area is 308 Å². The third-order valence-electron chi connectivity index (χ3n) is 10.2. The number of nitrogens with zero attached hydrogens (tertiary/aromatic N) is 5. The van der Waals surface area contributed by atoms with E-state index in [1.807, 2.05) is 88.9 Å². The molecule has 5 heterocycles. The van der Waals surface area contributed by atoms with E-state index in [1.54, 1.807) is 6.20 Å². The molecule has 12 nitrogen and oxygen atoms in total. The van der Waals surface area contributed by atoms with E-state index in [4.69, 9.17) is 14.5 Å². The Morgan fingerprint density at radius 1 is 1.04 bits per heavy atom. The maximum Gasteiger partial charge on any atom is 0.337 e. The molecule has 1 atom stereocenters. The molecular weight excluding hydrogens is 693 g/mol. The van der Waals surface area contributed by atoms with Crippen molar-refractivity contribution in [2.75, 3.05) is 35.6 Å². The van der Waals surface area contributed by atoms with E-state index in [0.717, 1.165) is 61.4 Å². The molecule has 2 aliphatic heterocycles. The molecule has 0 amide bonds. The summed E-state index contributed by atoms with van der Waals surface area (Å²) in [5.74, 6) is -0.445. The maximum absolute atomic E-state index is 13.5. The molecule has 0 radical (unpaired) electrons. The fourth-order valence-corrected chi connectivity index (χ4v) is 8.92. The largest absolute Gasteiger partial charge is 0.490 e. The van der Waals surface area contributed by atoms with Gasteiger partial charge in [0.2, 0.25) is 10.0 Å². The first-order chi connectivity index (χ1) is 25.1. The summed E-state index contributed by atoms with van der Waals surface area (Å²) in [6.07, 6.45) is 3.40. The van der Waals surface area contributed by atoms with Crippen LogP contribution in [0.25, 0.3) is 55.4 Å². The number of aliphatic carboxylic acids is 1. The van der Waals surface area contributed by atoms with Crippen LogP contribution >= 0.6 is 0 Å². The number of hydrogen-bond acceptors (Lipinski definition) is 8. The molecule has 2 aliphatic rings. The summed E-state index contributed by atoms with van der Waals surface area (Å²) in [7, 11) is -1.85. The second-order valence-electron chi connectivity index (χ2n) is 14.8. The van der Waals surface area contributed by atoms with E-state index in [0.29, 0.717) is 47.6 Å². The number of carboxylic acids is 1. The summed E-state index contributed by atoms with van der Waals surface area (Å²) in [6.45, 7) is 11.0. The van der Waals surface area contributed by atoms with Crippen molar-refractivity contribution in [1.29, 1.82) is 0 Å². The highest BCUT2D eigenvalue weighted by Gasteiger charge is 2.38. The van der Waals surface area contributed by atoms with Crippen LogP contribution in [0.1, 0.15) is 43.6 Å². The van der Waals surface area contributed by atoms with Crippen LogP contribution < -0.4 is 14.4 Å². The quantitative estimate of drug-likeness (QED) is 0.176. The molecular formula is C40H42N6O6S. The minimum atomic E-state index is -3.76. The van der Waals surface area contributed by atoms with Crippen LogP contribution in [0.4, 0.5) is 11.4 Å². The SMILES string of the molecule is Cc1c(-c2c([C@H](OC(C)(C)C)C(=O)O)c(C)c3c4c2cc(-c2ccnc(-c5ccc6c(cnn6C)c5)c2)n4CCN3S(C)(=O)=O)ccc2c1NCCO2. The van der Waals surface area contributed by atoms with Crippen LogP contribution in [0.3, 0.4) is 0 Å². The molecule has 13 heteroatoms. The Bertz CT molecular complexity index is 2600. The van der Waals surface area contributed by atoms with Gasteiger partial charge in [0.05, 0.1) is 52.7 Å². The van der Waals surface area contributed by atoms with Crippen molar-refractivity contribution < 1.29 is 27.8 Å². The number of sulfonamides is 1. The summed E-state index contributed by atoms with van der Waals surface area (Å²) >= 11 is 0. The standard InChI is InChI=1S/C40H42N6O6S/c1-22-27(9-11-32-35(22)42-14-17-51-32)34-28-20-31(25-12-13-41-29(19-25)24-8-10-30-26(18-24)21-43-44(30)6)45-15-16-46(53(7,49)50)36(37(28)45)23(2)33(34)38(39(47)48)52-40(3,4)5/h8-13,18-21,38,42H,14-17H2,1-7H3,(H,47,48)/t38-/m0/s1. The summed E-state index contributed by atoms with van der Waals surface area (Å²) in [4.78, 5) is 18.0. The van der Waals surface area contributed by atoms with Gasteiger partial charge < -0.3 is 24.5 Å². The van der Waals surface area contributed by atoms with Gasteiger partial charge >= 0.3 is 5.97 Å². The highest BCUT2D eigenvalue weighted by molar-refractivity contribution is 7.92. The van der Waals surface area contributed by atoms with E-state index in [1.165, 1.54) is 10.6 Å². The number of anilines is 2. The molecule has 0 unspecified atom stereocenters. The first-order valence-corrected chi connectivity index (χ1v) is 19.4. The molecule has 0 bridgehead atoms. The number of aryl methyl sites for hydroxylation is 1. The number of pyridine rings is 1. The Morgan fingerprint density at radius 3 is 2.57 bits per heavy atom. The Balaban J connectivity index is 1.46. The van der Waals surface area contributed by atoms with Gasteiger partial charge in [0.1, 0.15) is 12.4 Å². The first kappa shape index (κ1) is 34.7. The minimum absolute atomic E-state index is 0.175. The molecule has 2 N–H and O–H groups in total. The average Bonchev–Trinajstić information content (AvgIpc) is 3.69. The molecule has 0 spiro atoms. The lowest BCUT2D eigenvalue weighted by Gasteiger charge is -2.35. The molecule has 6 aromatic rings. The third kappa shape index (κ3) is 5.78. The van der Waals surface area contributed by atoms with E-state index >= 15 is 0 Å². The lowest BCUT2D eigenvalue weighted by molar-refractivity contribution is -0.160. The van der Waals surface area contributed by atoms with Gasteiger partial charge in [0, 0.05) is 59.5 Å². The number of carbonyl (C=O) groups is 1. The molecule has 3 aromatic heterocycles. The van der Waals surface area contributed by atoms with Gasteiger partial charge in [-0.3, -0.25) is 14.0 Å². The summed E-state index contributed by atoms with van der Waals surface area (Å²) in [6, 6.07) is 16.1. The summed E-state index contributed by atoms with van der Waals surface area (Å²) in [5, 5.41) is 20.5. The minimum Gasteiger partial charge on any atom is -0.490 e. The summed E-state index contributed by atoms with van der Waals surface area (Å²) in [5.41, 5.74) is 8.96. The zero-order valence-electron chi connectivity index (χ0n) is 30.8. The van der Waals surface area contributed by atoms with E-state index in [9.17, 15) is 18.3 Å². The van der Waals surface area contributed by atoms with Crippen molar-refractivity contribution in [1.82, 2.24) is 19.3 Å². The van der Waals surface area contributed by atoms with Gasteiger partial charge in [-0.05, 0) is 93.3 Å². The van der Waals surface area contributed by atoms with Crippen molar-refractivity contribution in [3.05, 3.63) is 77.6 Å². The van der Waals surface area contributed by atoms with Gasteiger partial charge in [0.25, 0.3) is 0 Å². The highest BCUT2D eigenvalue weighted by atomic mass is 32.2. The Hall–Kier alpha value is -5.40. The fourth-order valence-electron chi connectivity index (χ4n) is 7.95. The predicted octanol–water partition coefficient (Wildman–Crippen LogP) is 7.07. The number of nitrogens with one attached hydrogen (secondary N) is 1. The van der Waals surface area contributed by atoms with Gasteiger partial charge in [-0.25, -0.2) is 13.2 Å². The highest BCUT2D eigenvalue weighted by Crippen LogP contribution is 2.51. The fraction of sp³-hybridized carbons (Fsp3) is 0.325. The lowest BCUT2D eigenvalue weighted by atomic mass is 9.85. The van der Waals surface area contributed by atoms with E-state index < -0.39 is 27.7 Å². The molecule has 0 aliphatic carbocycles. The number of aromatic nitrogens is 4. The molecule has 0 saturated carbocycles. The lowest BCUT2D eigenvalue weighted by Crippen LogP contribution is -2.37. The smallest absolute Gasteiger partial charge is 0.337 e. The van der Waals surface area contributed by atoms with Gasteiger partial charge in [-0.2, -0.15) is 5.10 Å². The van der Waals surface area contributed by atoms with Crippen molar-refractivity contribution in [3.63, 3.8) is 0 Å². The third-order valence-corrected chi connectivity index (χ3v) is 11.4.